The minimum absolute atomic E-state index is 0.124. The number of allylic oxidation sites excluding steroid dienone is 1. The van der Waals surface area contributed by atoms with Crippen molar-refractivity contribution in [3.63, 3.8) is 0 Å². The molecule has 0 aliphatic heterocycles. The van der Waals surface area contributed by atoms with Crippen LogP contribution in [0.1, 0.15) is 68.7 Å². The summed E-state index contributed by atoms with van der Waals surface area (Å²) in [6.45, 7) is 6.57. The normalized spacial score (nSPS) is 26.2. The average molecular weight is 405 g/mol. The number of carbonyl (C=O) groups is 1. The number of benzene rings is 1. The third-order valence-electron chi connectivity index (χ3n) is 6.54. The summed E-state index contributed by atoms with van der Waals surface area (Å²) in [7, 11) is 4.62. The van der Waals surface area contributed by atoms with E-state index in [2.05, 4.69) is 32.9 Å². The van der Waals surface area contributed by atoms with Crippen molar-refractivity contribution in [2.45, 2.75) is 57.5 Å². The van der Waals surface area contributed by atoms with E-state index < -0.39 is 5.97 Å². The molecule has 0 radical (unpaired) electrons. The highest BCUT2D eigenvalue weighted by Gasteiger charge is 2.51. The number of hydrogen-bond acceptors (Lipinski definition) is 6. The van der Waals surface area contributed by atoms with Gasteiger partial charge in [-0.15, -0.1) is 0 Å². The van der Waals surface area contributed by atoms with E-state index in [1.807, 2.05) is 0 Å². The molecular formula is C23H32O6. The molecule has 0 bridgehead atoms. The van der Waals surface area contributed by atoms with E-state index in [1.54, 1.807) is 14.2 Å². The molecule has 0 spiro atoms. The van der Waals surface area contributed by atoms with Crippen molar-refractivity contribution in [3.8, 4) is 5.75 Å². The number of hydrogen-bond donors (Lipinski definition) is 1. The van der Waals surface area contributed by atoms with Gasteiger partial charge in [0.05, 0.1) is 25.9 Å². The Morgan fingerprint density at radius 3 is 2.59 bits per heavy atom. The van der Waals surface area contributed by atoms with Crippen molar-refractivity contribution in [1.82, 2.24) is 0 Å². The predicted molar refractivity (Wildman–Crippen MR) is 109 cm³/mol. The van der Waals surface area contributed by atoms with Gasteiger partial charge in [0.15, 0.2) is 0 Å². The van der Waals surface area contributed by atoms with Crippen molar-refractivity contribution in [2.24, 2.45) is 5.92 Å². The summed E-state index contributed by atoms with van der Waals surface area (Å²) in [6, 6.07) is 4.25. The van der Waals surface area contributed by atoms with Crippen LogP contribution in [0, 0.1) is 5.92 Å². The Hall–Kier alpha value is -2.05. The summed E-state index contributed by atoms with van der Waals surface area (Å²) in [5, 5.41) is 10.5. The smallest absolute Gasteiger partial charge is 0.337 e. The molecule has 2 aliphatic carbocycles. The zero-order chi connectivity index (χ0) is 21.3. The summed E-state index contributed by atoms with van der Waals surface area (Å²) < 4.78 is 22.1. The summed E-state index contributed by atoms with van der Waals surface area (Å²) in [5.41, 5.74) is 3.29. The molecular weight excluding hydrogens is 372 g/mol. The quantitative estimate of drug-likeness (QED) is 0.554. The van der Waals surface area contributed by atoms with Crippen LogP contribution in [0.15, 0.2) is 23.5 Å². The number of fused-ring (bicyclic) bond motifs is 3. The molecule has 0 fully saturated rings. The van der Waals surface area contributed by atoms with Gasteiger partial charge in [0.1, 0.15) is 18.3 Å². The molecule has 6 heteroatoms. The summed E-state index contributed by atoms with van der Waals surface area (Å²) >= 11 is 0. The molecule has 3 atom stereocenters. The molecule has 0 aromatic heterocycles. The first-order valence-corrected chi connectivity index (χ1v) is 10.1. The molecule has 1 aromatic carbocycles. The Bertz CT molecular complexity index is 812. The number of ether oxygens (including phenoxy) is 4. The maximum absolute atomic E-state index is 12.5. The molecule has 6 nitrogen and oxygen atoms in total. The van der Waals surface area contributed by atoms with E-state index >= 15 is 0 Å². The van der Waals surface area contributed by atoms with E-state index in [0.29, 0.717) is 24.3 Å². The lowest BCUT2D eigenvalue weighted by Gasteiger charge is -2.49. The monoisotopic (exact) mass is 404 g/mol. The Balaban J connectivity index is 2.23. The topological polar surface area (TPSA) is 74.2 Å². The van der Waals surface area contributed by atoms with Gasteiger partial charge in [0.2, 0.25) is 0 Å². The maximum atomic E-state index is 12.5. The van der Waals surface area contributed by atoms with Gasteiger partial charge in [-0.2, -0.15) is 0 Å². The van der Waals surface area contributed by atoms with Crippen LogP contribution in [0.2, 0.25) is 0 Å². The molecule has 0 unspecified atom stereocenters. The Morgan fingerprint density at radius 2 is 2.00 bits per heavy atom. The van der Waals surface area contributed by atoms with Gasteiger partial charge in [-0.25, -0.2) is 4.79 Å². The van der Waals surface area contributed by atoms with Crippen LogP contribution in [-0.2, 0) is 24.4 Å². The van der Waals surface area contributed by atoms with Crippen LogP contribution in [-0.4, -0.2) is 39.2 Å². The van der Waals surface area contributed by atoms with Gasteiger partial charge in [0, 0.05) is 30.4 Å². The third-order valence-corrected chi connectivity index (χ3v) is 6.54. The number of aliphatic hydroxyl groups is 1. The van der Waals surface area contributed by atoms with Crippen molar-refractivity contribution >= 4 is 5.97 Å². The van der Waals surface area contributed by atoms with E-state index in [9.17, 15) is 9.90 Å². The number of methoxy groups -OCH3 is 3. The highest BCUT2D eigenvalue weighted by Crippen LogP contribution is 2.57. The lowest BCUT2D eigenvalue weighted by atomic mass is 9.56. The van der Waals surface area contributed by atoms with Gasteiger partial charge in [-0.05, 0) is 29.9 Å². The Morgan fingerprint density at radius 1 is 1.28 bits per heavy atom. The third kappa shape index (κ3) is 3.53. The average Bonchev–Trinajstić information content (AvgIpc) is 2.71. The van der Waals surface area contributed by atoms with Crippen LogP contribution in [0.5, 0.6) is 5.75 Å². The predicted octanol–water partition coefficient (Wildman–Crippen LogP) is 4.54. The summed E-state index contributed by atoms with van der Waals surface area (Å²) in [5.74, 6) is 0.575. The molecule has 3 rings (SSSR count). The molecule has 0 saturated heterocycles. The van der Waals surface area contributed by atoms with E-state index in [0.717, 1.165) is 28.9 Å². The lowest BCUT2D eigenvalue weighted by molar-refractivity contribution is -0.138. The molecule has 160 valence electrons. The van der Waals surface area contributed by atoms with Gasteiger partial charge in [0.25, 0.3) is 0 Å². The number of esters is 1. The minimum Gasteiger partial charge on any atom is -0.512 e. The van der Waals surface area contributed by atoms with E-state index in [1.165, 1.54) is 7.11 Å². The van der Waals surface area contributed by atoms with Gasteiger partial charge in [-0.3, -0.25) is 0 Å². The standard InChI is InChI=1S/C23H32O6/c1-13(2)14-7-8-15-20(21(14)27-5)18(29-12-26-4)11-16-19(22(25)28-6)17(24)9-10-23(15,16)3/h7-8,13,16,18,24H,9-12H2,1-6H3/t16-,18+,23-/m0/s1. The first-order chi connectivity index (χ1) is 13.8. The van der Waals surface area contributed by atoms with Crippen LogP contribution in [0.25, 0.3) is 0 Å². The zero-order valence-electron chi connectivity index (χ0n) is 18.2. The molecule has 0 saturated carbocycles. The van der Waals surface area contributed by atoms with Crippen LogP contribution in [0.4, 0.5) is 0 Å². The van der Waals surface area contributed by atoms with Crippen molar-refractivity contribution in [2.75, 3.05) is 28.1 Å². The van der Waals surface area contributed by atoms with Crippen molar-refractivity contribution in [3.05, 3.63) is 40.2 Å². The second-order valence-electron chi connectivity index (χ2n) is 8.42. The molecule has 1 aromatic rings. The Labute approximate surface area is 172 Å². The second-order valence-corrected chi connectivity index (χ2v) is 8.42. The van der Waals surface area contributed by atoms with E-state index in [4.69, 9.17) is 18.9 Å². The van der Waals surface area contributed by atoms with Gasteiger partial charge in [-0.1, -0.05) is 32.9 Å². The van der Waals surface area contributed by atoms with Crippen LogP contribution in [0.3, 0.4) is 0 Å². The summed E-state index contributed by atoms with van der Waals surface area (Å²) in [6.07, 6.45) is 1.40. The first kappa shape index (κ1) is 21.7. The summed E-state index contributed by atoms with van der Waals surface area (Å²) in [4.78, 5) is 12.5. The van der Waals surface area contributed by atoms with Gasteiger partial charge >= 0.3 is 5.97 Å². The molecule has 0 amide bonds. The molecule has 0 heterocycles. The highest BCUT2D eigenvalue weighted by molar-refractivity contribution is 5.90. The molecule has 1 N–H and O–H groups in total. The molecule has 2 aliphatic rings. The minimum atomic E-state index is -0.474. The fraction of sp³-hybridized carbons (Fsp3) is 0.609. The SMILES string of the molecule is COCO[C@@H]1C[C@H]2C(C(=O)OC)=C(O)CC[C@@]2(C)c2ccc(C(C)C)c(OC)c21. The van der Waals surface area contributed by atoms with Gasteiger partial charge < -0.3 is 24.1 Å². The lowest BCUT2D eigenvalue weighted by Crippen LogP contribution is -2.44. The number of carbonyl (C=O) groups excluding carboxylic acids is 1. The largest absolute Gasteiger partial charge is 0.512 e. The van der Waals surface area contributed by atoms with E-state index in [-0.39, 0.29) is 30.0 Å². The van der Waals surface area contributed by atoms with Crippen LogP contribution < -0.4 is 4.74 Å². The van der Waals surface area contributed by atoms with Crippen molar-refractivity contribution < 1.29 is 28.8 Å². The first-order valence-electron chi connectivity index (χ1n) is 10.1. The second kappa shape index (κ2) is 8.36. The highest BCUT2D eigenvalue weighted by atomic mass is 16.7. The van der Waals surface area contributed by atoms with Crippen molar-refractivity contribution in [1.29, 1.82) is 0 Å². The van der Waals surface area contributed by atoms with Crippen LogP contribution >= 0.6 is 0 Å². The zero-order valence-corrected chi connectivity index (χ0v) is 18.2. The molecule has 29 heavy (non-hydrogen) atoms. The maximum Gasteiger partial charge on any atom is 0.337 e. The fourth-order valence-electron chi connectivity index (χ4n) is 5.03. The Kier molecular flexibility index (Phi) is 6.24. The number of rotatable bonds is 6. The fourth-order valence-corrected chi connectivity index (χ4v) is 5.03. The number of aliphatic hydroxyl groups excluding tert-OH is 1.